The molecule has 2 aromatic carbocycles. The number of ketones is 1. The molecule has 5 rings (SSSR count). The monoisotopic (exact) mass is 494 g/mol. The summed E-state index contributed by atoms with van der Waals surface area (Å²) >= 11 is 0. The van der Waals surface area contributed by atoms with E-state index in [1.807, 2.05) is 0 Å². The van der Waals surface area contributed by atoms with Gasteiger partial charge in [-0.25, -0.2) is 0 Å². The molecule has 3 aliphatic heterocycles. The van der Waals surface area contributed by atoms with Crippen molar-refractivity contribution in [2.24, 2.45) is 0 Å². The molecule has 0 saturated carbocycles. The van der Waals surface area contributed by atoms with Crippen molar-refractivity contribution >= 4 is 17.4 Å². The topological polar surface area (TPSA) is 97.8 Å². The SMILES string of the molecule is COc1ccc(C2/C(=C(\O)c3ccc4c(c3)OCCO4)C(=O)C(=O)N2CCN2CCCC2)cc1OC. The van der Waals surface area contributed by atoms with Crippen LogP contribution in [0.15, 0.2) is 42.0 Å². The lowest BCUT2D eigenvalue weighted by Crippen LogP contribution is -2.37. The van der Waals surface area contributed by atoms with Gasteiger partial charge in [0.25, 0.3) is 11.7 Å². The summed E-state index contributed by atoms with van der Waals surface area (Å²) in [6.45, 7) is 3.80. The molecule has 1 unspecified atom stereocenters. The van der Waals surface area contributed by atoms with Gasteiger partial charge in [-0.2, -0.15) is 0 Å². The summed E-state index contributed by atoms with van der Waals surface area (Å²) in [6, 6.07) is 9.48. The fourth-order valence-corrected chi connectivity index (χ4v) is 5.08. The molecule has 2 fully saturated rings. The van der Waals surface area contributed by atoms with Gasteiger partial charge in [0.05, 0.1) is 25.8 Å². The van der Waals surface area contributed by atoms with Crippen LogP contribution in [0.4, 0.5) is 0 Å². The summed E-state index contributed by atoms with van der Waals surface area (Å²) in [7, 11) is 3.07. The molecular formula is C27H30N2O7. The summed E-state index contributed by atoms with van der Waals surface area (Å²) in [5.41, 5.74) is 1.06. The lowest BCUT2D eigenvalue weighted by molar-refractivity contribution is -0.140. The highest BCUT2D eigenvalue weighted by atomic mass is 16.6. The molecule has 9 heteroatoms. The van der Waals surface area contributed by atoms with Crippen molar-refractivity contribution in [1.82, 2.24) is 9.80 Å². The van der Waals surface area contributed by atoms with Gasteiger partial charge in [-0.05, 0) is 61.8 Å². The molecule has 0 bridgehead atoms. The number of fused-ring (bicyclic) bond motifs is 1. The van der Waals surface area contributed by atoms with Crippen LogP contribution in [0.25, 0.3) is 5.76 Å². The van der Waals surface area contributed by atoms with Crippen LogP contribution in [0.2, 0.25) is 0 Å². The average Bonchev–Trinajstić information content (AvgIpc) is 3.52. The molecule has 0 radical (unpaired) electrons. The van der Waals surface area contributed by atoms with Crippen molar-refractivity contribution in [3.05, 3.63) is 53.1 Å². The van der Waals surface area contributed by atoms with E-state index in [2.05, 4.69) is 4.90 Å². The van der Waals surface area contributed by atoms with Gasteiger partial charge in [0.2, 0.25) is 0 Å². The van der Waals surface area contributed by atoms with Crippen LogP contribution in [0.1, 0.15) is 30.0 Å². The Balaban J connectivity index is 1.58. The number of hydrogen-bond acceptors (Lipinski definition) is 8. The third-order valence-electron chi connectivity index (χ3n) is 6.93. The summed E-state index contributed by atoms with van der Waals surface area (Å²) in [5, 5.41) is 11.4. The number of hydrogen-bond donors (Lipinski definition) is 1. The van der Waals surface area contributed by atoms with E-state index < -0.39 is 17.7 Å². The molecule has 0 aliphatic carbocycles. The van der Waals surface area contributed by atoms with Crippen LogP contribution in [0, 0.1) is 0 Å². The van der Waals surface area contributed by atoms with Gasteiger partial charge < -0.3 is 33.9 Å². The largest absolute Gasteiger partial charge is 0.507 e. The lowest BCUT2D eigenvalue weighted by Gasteiger charge is -2.28. The minimum Gasteiger partial charge on any atom is -0.507 e. The Bertz CT molecular complexity index is 1200. The highest BCUT2D eigenvalue weighted by Gasteiger charge is 2.46. The molecule has 190 valence electrons. The highest BCUT2D eigenvalue weighted by molar-refractivity contribution is 6.46. The van der Waals surface area contributed by atoms with E-state index in [1.54, 1.807) is 48.4 Å². The molecule has 9 nitrogen and oxygen atoms in total. The maximum Gasteiger partial charge on any atom is 0.295 e. The number of carbonyl (C=O) groups is 2. The van der Waals surface area contributed by atoms with Crippen LogP contribution in [0.3, 0.4) is 0 Å². The fraction of sp³-hybridized carbons (Fsp3) is 0.407. The molecule has 0 aromatic heterocycles. The van der Waals surface area contributed by atoms with Crippen molar-refractivity contribution in [3.8, 4) is 23.0 Å². The molecule has 1 amide bonds. The van der Waals surface area contributed by atoms with Crippen molar-refractivity contribution in [1.29, 1.82) is 0 Å². The van der Waals surface area contributed by atoms with E-state index in [0.717, 1.165) is 25.9 Å². The number of amides is 1. The van der Waals surface area contributed by atoms with Crippen molar-refractivity contribution < 1.29 is 33.6 Å². The fourth-order valence-electron chi connectivity index (χ4n) is 5.08. The number of aliphatic hydroxyl groups is 1. The van der Waals surface area contributed by atoms with Crippen LogP contribution in [-0.2, 0) is 9.59 Å². The number of Topliss-reactive ketones (excluding diaryl/α,β-unsaturated/α-hetero) is 1. The maximum absolute atomic E-state index is 13.3. The highest BCUT2D eigenvalue weighted by Crippen LogP contribution is 2.43. The zero-order valence-corrected chi connectivity index (χ0v) is 20.5. The second-order valence-electron chi connectivity index (χ2n) is 9.01. The number of aliphatic hydroxyl groups excluding tert-OH is 1. The minimum absolute atomic E-state index is 0.0327. The number of likely N-dealkylation sites (tertiary alicyclic amines) is 2. The number of carbonyl (C=O) groups excluding carboxylic acids is 2. The second kappa shape index (κ2) is 10.1. The van der Waals surface area contributed by atoms with Gasteiger partial charge in [0, 0.05) is 18.7 Å². The van der Waals surface area contributed by atoms with Crippen LogP contribution in [-0.4, -0.2) is 80.2 Å². The number of ether oxygens (including phenoxy) is 4. The van der Waals surface area contributed by atoms with Gasteiger partial charge in [0.15, 0.2) is 23.0 Å². The van der Waals surface area contributed by atoms with E-state index in [4.69, 9.17) is 18.9 Å². The summed E-state index contributed by atoms with van der Waals surface area (Å²) < 4.78 is 22.1. The first-order chi connectivity index (χ1) is 17.5. The van der Waals surface area contributed by atoms with E-state index in [-0.39, 0.29) is 11.3 Å². The Morgan fingerprint density at radius 3 is 2.39 bits per heavy atom. The third kappa shape index (κ3) is 4.35. The zero-order valence-electron chi connectivity index (χ0n) is 20.5. The number of benzene rings is 2. The van der Waals surface area contributed by atoms with Gasteiger partial charge in [-0.3, -0.25) is 9.59 Å². The normalized spacial score (nSPS) is 21.2. The number of nitrogens with zero attached hydrogens (tertiary/aromatic N) is 2. The Morgan fingerprint density at radius 1 is 0.944 bits per heavy atom. The molecule has 1 N–H and O–H groups in total. The smallest absolute Gasteiger partial charge is 0.295 e. The summed E-state index contributed by atoms with van der Waals surface area (Å²) in [6.07, 6.45) is 2.25. The quantitative estimate of drug-likeness (QED) is 0.357. The van der Waals surface area contributed by atoms with Crippen LogP contribution in [0.5, 0.6) is 23.0 Å². The first-order valence-corrected chi connectivity index (χ1v) is 12.1. The molecule has 2 aromatic rings. The molecule has 1 atom stereocenters. The van der Waals surface area contributed by atoms with Gasteiger partial charge >= 0.3 is 0 Å². The van der Waals surface area contributed by atoms with E-state index in [0.29, 0.717) is 60.4 Å². The molecule has 3 heterocycles. The molecule has 3 aliphatic rings. The Hall–Kier alpha value is -3.72. The first-order valence-electron chi connectivity index (χ1n) is 12.1. The van der Waals surface area contributed by atoms with Crippen molar-refractivity contribution in [2.45, 2.75) is 18.9 Å². The molecule has 36 heavy (non-hydrogen) atoms. The van der Waals surface area contributed by atoms with Gasteiger partial charge in [0.1, 0.15) is 19.0 Å². The molecule has 2 saturated heterocycles. The Kier molecular flexibility index (Phi) is 6.73. The van der Waals surface area contributed by atoms with Crippen LogP contribution < -0.4 is 18.9 Å². The van der Waals surface area contributed by atoms with E-state index in [1.165, 1.54) is 7.11 Å². The Labute approximate surface area is 209 Å². The predicted octanol–water partition coefficient (Wildman–Crippen LogP) is 2.99. The van der Waals surface area contributed by atoms with Crippen molar-refractivity contribution in [3.63, 3.8) is 0 Å². The average molecular weight is 495 g/mol. The third-order valence-corrected chi connectivity index (χ3v) is 6.93. The minimum atomic E-state index is -0.777. The standard InChI is InChI=1S/C27H30N2O7/c1-33-19-7-5-17(15-21(19)34-2)24-23(25(30)18-6-8-20-22(16-18)36-14-13-35-20)26(31)27(32)29(24)12-11-28-9-3-4-10-28/h5-8,15-16,24,30H,3-4,9-14H2,1-2H3/b25-23+. The van der Waals surface area contributed by atoms with E-state index in [9.17, 15) is 14.7 Å². The zero-order chi connectivity index (χ0) is 25.2. The van der Waals surface area contributed by atoms with E-state index >= 15 is 0 Å². The first kappa shape index (κ1) is 24.0. The van der Waals surface area contributed by atoms with Crippen molar-refractivity contribution in [2.75, 3.05) is 53.6 Å². The van der Waals surface area contributed by atoms with Crippen LogP contribution >= 0.6 is 0 Å². The number of methoxy groups -OCH3 is 2. The van der Waals surface area contributed by atoms with Gasteiger partial charge in [-0.15, -0.1) is 0 Å². The number of rotatable bonds is 7. The van der Waals surface area contributed by atoms with Gasteiger partial charge in [-0.1, -0.05) is 6.07 Å². The second-order valence-corrected chi connectivity index (χ2v) is 9.01. The summed E-state index contributed by atoms with van der Waals surface area (Å²) in [4.78, 5) is 30.4. The lowest BCUT2D eigenvalue weighted by atomic mass is 9.94. The molecule has 0 spiro atoms. The summed E-state index contributed by atoms with van der Waals surface area (Å²) in [5.74, 6) is 0.448. The molecular weight excluding hydrogens is 464 g/mol. The predicted molar refractivity (Wildman–Crippen MR) is 132 cm³/mol. The maximum atomic E-state index is 13.3. The Morgan fingerprint density at radius 2 is 1.67 bits per heavy atom.